The van der Waals surface area contributed by atoms with Gasteiger partial charge in [-0.15, -0.1) is 0 Å². The second-order valence-electron chi connectivity index (χ2n) is 6.32. The Bertz CT molecular complexity index is 1050. The second kappa shape index (κ2) is 8.76. The summed E-state index contributed by atoms with van der Waals surface area (Å²) in [6, 6.07) is 13.0. The van der Waals surface area contributed by atoms with E-state index in [1.54, 1.807) is 41.1 Å². The van der Waals surface area contributed by atoms with Crippen molar-refractivity contribution in [1.29, 1.82) is 0 Å². The number of hydrogen-bond acceptors (Lipinski definition) is 4. The first-order valence-corrected chi connectivity index (χ1v) is 8.82. The summed E-state index contributed by atoms with van der Waals surface area (Å²) in [5.74, 6) is -0.111. The normalized spacial score (nSPS) is 11.4. The van der Waals surface area contributed by atoms with E-state index in [-0.39, 0.29) is 30.1 Å². The molecule has 2 aromatic carbocycles. The van der Waals surface area contributed by atoms with Crippen LogP contribution < -0.4 is 15.5 Å². The van der Waals surface area contributed by atoms with Gasteiger partial charge >= 0.3 is 6.18 Å². The van der Waals surface area contributed by atoms with E-state index in [0.717, 1.165) is 5.56 Å². The summed E-state index contributed by atoms with van der Waals surface area (Å²) in [5.41, 5.74) is 1.20. The molecular formula is C20H18F3N3O3. The van der Waals surface area contributed by atoms with Crippen LogP contribution in [0.1, 0.15) is 12.0 Å². The second-order valence-corrected chi connectivity index (χ2v) is 6.32. The van der Waals surface area contributed by atoms with Crippen LogP contribution in [-0.4, -0.2) is 28.5 Å². The highest BCUT2D eigenvalue weighted by Gasteiger charge is 2.28. The van der Waals surface area contributed by atoms with Crippen molar-refractivity contribution in [3.05, 3.63) is 70.5 Å². The van der Waals surface area contributed by atoms with E-state index in [4.69, 9.17) is 0 Å². The quantitative estimate of drug-likeness (QED) is 0.656. The van der Waals surface area contributed by atoms with Gasteiger partial charge in [0.05, 0.1) is 18.3 Å². The zero-order chi connectivity index (χ0) is 20.9. The summed E-state index contributed by atoms with van der Waals surface area (Å²) in [4.78, 5) is 23.9. The molecule has 0 aliphatic carbocycles. The Hall–Kier alpha value is -3.36. The molecule has 0 atom stereocenters. The van der Waals surface area contributed by atoms with Crippen molar-refractivity contribution in [3.8, 4) is 5.75 Å². The number of aromatic nitrogens is 2. The number of amides is 1. The predicted octanol–water partition coefficient (Wildman–Crippen LogP) is 3.04. The molecule has 0 aliphatic rings. The molecule has 0 unspecified atom stereocenters. The SMILES string of the molecule is O=C(CCn1ncc(=O)c2ccccc21)NCc1ccc(OCC(F)(F)F)cc1. The van der Waals surface area contributed by atoms with E-state index >= 15 is 0 Å². The molecule has 3 aromatic rings. The molecule has 0 radical (unpaired) electrons. The van der Waals surface area contributed by atoms with Crippen LogP contribution in [0.15, 0.2) is 59.5 Å². The fraction of sp³-hybridized carbons (Fsp3) is 0.250. The molecule has 0 aliphatic heterocycles. The van der Waals surface area contributed by atoms with Gasteiger partial charge in [-0.3, -0.25) is 14.3 Å². The summed E-state index contributed by atoms with van der Waals surface area (Å²) in [7, 11) is 0. The van der Waals surface area contributed by atoms with Crippen LogP contribution in [0.5, 0.6) is 5.75 Å². The summed E-state index contributed by atoms with van der Waals surface area (Å²) in [6.07, 6.45) is -3.01. The maximum absolute atomic E-state index is 12.1. The molecule has 29 heavy (non-hydrogen) atoms. The number of carbonyl (C=O) groups is 1. The lowest BCUT2D eigenvalue weighted by molar-refractivity contribution is -0.153. The lowest BCUT2D eigenvalue weighted by Crippen LogP contribution is -2.24. The number of nitrogens with zero attached hydrogens (tertiary/aromatic N) is 2. The first-order chi connectivity index (χ1) is 13.8. The number of nitrogens with one attached hydrogen (secondary N) is 1. The van der Waals surface area contributed by atoms with Crippen LogP contribution in [-0.2, 0) is 17.9 Å². The first-order valence-electron chi connectivity index (χ1n) is 8.82. The number of ether oxygens (including phenoxy) is 1. The Morgan fingerprint density at radius 2 is 1.83 bits per heavy atom. The predicted molar refractivity (Wildman–Crippen MR) is 100 cm³/mol. The molecule has 3 rings (SSSR count). The lowest BCUT2D eigenvalue weighted by Gasteiger charge is -2.11. The van der Waals surface area contributed by atoms with E-state index in [9.17, 15) is 22.8 Å². The van der Waals surface area contributed by atoms with Crippen LogP contribution in [0.25, 0.3) is 10.9 Å². The van der Waals surface area contributed by atoms with Crippen LogP contribution in [0.3, 0.4) is 0 Å². The van der Waals surface area contributed by atoms with Gasteiger partial charge in [0.15, 0.2) is 6.61 Å². The number of aryl methyl sites for hydroxylation is 1. The Kier molecular flexibility index (Phi) is 6.16. The van der Waals surface area contributed by atoms with Crippen LogP contribution in [0, 0.1) is 0 Å². The van der Waals surface area contributed by atoms with E-state index in [1.807, 2.05) is 0 Å². The molecule has 0 fully saturated rings. The van der Waals surface area contributed by atoms with Crippen molar-refractivity contribution in [1.82, 2.24) is 15.1 Å². The van der Waals surface area contributed by atoms with E-state index in [0.29, 0.717) is 17.4 Å². The number of para-hydroxylation sites is 1. The van der Waals surface area contributed by atoms with Crippen molar-refractivity contribution in [2.75, 3.05) is 6.61 Å². The zero-order valence-electron chi connectivity index (χ0n) is 15.3. The van der Waals surface area contributed by atoms with Gasteiger partial charge in [-0.25, -0.2) is 0 Å². The molecule has 0 spiro atoms. The monoisotopic (exact) mass is 405 g/mol. The number of carbonyl (C=O) groups excluding carboxylic acids is 1. The summed E-state index contributed by atoms with van der Waals surface area (Å²) in [6.45, 7) is -0.815. The van der Waals surface area contributed by atoms with Gasteiger partial charge in [0.2, 0.25) is 11.3 Å². The van der Waals surface area contributed by atoms with Gasteiger partial charge in [-0.1, -0.05) is 24.3 Å². The lowest BCUT2D eigenvalue weighted by atomic mass is 10.2. The van der Waals surface area contributed by atoms with Gasteiger partial charge in [0, 0.05) is 18.4 Å². The minimum atomic E-state index is -4.39. The highest BCUT2D eigenvalue weighted by Crippen LogP contribution is 2.18. The molecule has 1 amide bonds. The molecule has 6 nitrogen and oxygen atoms in total. The van der Waals surface area contributed by atoms with Gasteiger partial charge < -0.3 is 10.1 Å². The van der Waals surface area contributed by atoms with Crippen LogP contribution in [0.2, 0.25) is 0 Å². The Labute approximate surface area is 163 Å². The zero-order valence-corrected chi connectivity index (χ0v) is 15.3. The molecular weight excluding hydrogens is 387 g/mol. The van der Waals surface area contributed by atoms with E-state index in [1.165, 1.54) is 18.3 Å². The molecule has 1 aromatic heterocycles. The molecule has 0 saturated heterocycles. The number of benzene rings is 2. The Morgan fingerprint density at radius 3 is 2.55 bits per heavy atom. The minimum Gasteiger partial charge on any atom is -0.484 e. The fourth-order valence-corrected chi connectivity index (χ4v) is 2.70. The third-order valence-corrected chi connectivity index (χ3v) is 4.13. The third kappa shape index (κ3) is 5.81. The van der Waals surface area contributed by atoms with Crippen LogP contribution in [0.4, 0.5) is 13.2 Å². The average molecular weight is 405 g/mol. The molecule has 1 N–H and O–H groups in total. The van der Waals surface area contributed by atoms with Crippen molar-refractivity contribution >= 4 is 16.8 Å². The molecule has 152 valence electrons. The van der Waals surface area contributed by atoms with Crippen LogP contribution >= 0.6 is 0 Å². The molecule has 9 heteroatoms. The number of alkyl halides is 3. The van der Waals surface area contributed by atoms with E-state index in [2.05, 4.69) is 15.2 Å². The number of fused-ring (bicyclic) bond motifs is 1. The number of halogens is 3. The fourth-order valence-electron chi connectivity index (χ4n) is 2.70. The molecule has 0 saturated carbocycles. The van der Waals surface area contributed by atoms with Gasteiger partial charge in [0.25, 0.3) is 0 Å². The van der Waals surface area contributed by atoms with Gasteiger partial charge in [0.1, 0.15) is 5.75 Å². The van der Waals surface area contributed by atoms with Gasteiger partial charge in [-0.2, -0.15) is 18.3 Å². The Balaban J connectivity index is 1.51. The summed E-state index contributed by atoms with van der Waals surface area (Å²) < 4.78 is 42.6. The van der Waals surface area contributed by atoms with E-state index < -0.39 is 12.8 Å². The maximum atomic E-state index is 12.1. The third-order valence-electron chi connectivity index (χ3n) is 4.13. The highest BCUT2D eigenvalue weighted by molar-refractivity contribution is 5.79. The van der Waals surface area contributed by atoms with Gasteiger partial charge in [-0.05, 0) is 29.8 Å². The first kappa shape index (κ1) is 20.4. The highest BCUT2D eigenvalue weighted by atomic mass is 19.4. The smallest absolute Gasteiger partial charge is 0.422 e. The topological polar surface area (TPSA) is 73.2 Å². The largest absolute Gasteiger partial charge is 0.484 e. The van der Waals surface area contributed by atoms with Crippen molar-refractivity contribution in [3.63, 3.8) is 0 Å². The molecule has 1 heterocycles. The number of rotatable bonds is 7. The van der Waals surface area contributed by atoms with Crippen molar-refractivity contribution in [2.24, 2.45) is 0 Å². The maximum Gasteiger partial charge on any atom is 0.422 e. The number of hydrogen-bond donors (Lipinski definition) is 1. The summed E-state index contributed by atoms with van der Waals surface area (Å²) >= 11 is 0. The average Bonchev–Trinajstić information content (AvgIpc) is 2.70. The summed E-state index contributed by atoms with van der Waals surface area (Å²) in [5, 5.41) is 7.35. The minimum absolute atomic E-state index is 0.105. The Morgan fingerprint density at radius 1 is 1.10 bits per heavy atom. The van der Waals surface area contributed by atoms with Crippen molar-refractivity contribution in [2.45, 2.75) is 25.7 Å². The van der Waals surface area contributed by atoms with Crippen molar-refractivity contribution < 1.29 is 22.7 Å². The molecule has 0 bridgehead atoms. The standard InChI is InChI=1S/C20H18F3N3O3/c21-20(22,23)13-29-15-7-5-14(6-8-15)11-24-19(28)9-10-26-17-4-2-1-3-16(17)18(27)12-25-26/h1-8,12H,9-11,13H2,(H,24,28).